The standard InChI is InChI=1S/C7H12O.C4H7Br/c8-7-5-3-1-2-4-6-7;1-4(2)3-5/h1-6H2;1,3H2,2H3. The van der Waals surface area contributed by atoms with E-state index < -0.39 is 0 Å². The molecule has 0 atom stereocenters. The number of rotatable bonds is 1. The number of ketones is 1. The van der Waals surface area contributed by atoms with Crippen LogP contribution in [0.1, 0.15) is 45.4 Å². The summed E-state index contributed by atoms with van der Waals surface area (Å²) in [4.78, 5) is 10.7. The molecule has 0 unspecified atom stereocenters. The van der Waals surface area contributed by atoms with Gasteiger partial charge in [0.1, 0.15) is 5.78 Å². The predicted octanol–water partition coefficient (Wildman–Crippen LogP) is 3.87. The molecule has 0 bridgehead atoms. The van der Waals surface area contributed by atoms with Crippen molar-refractivity contribution in [1.29, 1.82) is 0 Å². The largest absolute Gasteiger partial charge is 0.300 e. The highest BCUT2D eigenvalue weighted by Gasteiger charge is 2.04. The predicted molar refractivity (Wildman–Crippen MR) is 61.3 cm³/mol. The highest BCUT2D eigenvalue weighted by atomic mass is 79.9. The van der Waals surface area contributed by atoms with Crippen molar-refractivity contribution in [3.63, 3.8) is 0 Å². The summed E-state index contributed by atoms with van der Waals surface area (Å²) in [5.74, 6) is 0.475. The van der Waals surface area contributed by atoms with Crippen LogP contribution in [0.5, 0.6) is 0 Å². The van der Waals surface area contributed by atoms with Gasteiger partial charge in [-0.15, -0.1) is 0 Å². The third kappa shape index (κ3) is 9.81. The number of halogens is 1. The third-order valence-electron chi connectivity index (χ3n) is 1.89. The van der Waals surface area contributed by atoms with Gasteiger partial charge in [-0.2, -0.15) is 0 Å². The molecular formula is C11H19BrO. The number of Topliss-reactive ketones (excluding diaryl/α,β-unsaturated/α-hetero) is 1. The van der Waals surface area contributed by atoms with E-state index in [2.05, 4.69) is 22.5 Å². The molecule has 1 aliphatic rings. The molecule has 13 heavy (non-hydrogen) atoms. The summed E-state index contributed by atoms with van der Waals surface area (Å²) in [5, 5.41) is 0.924. The van der Waals surface area contributed by atoms with E-state index in [1.54, 1.807) is 0 Å². The average molecular weight is 247 g/mol. The van der Waals surface area contributed by atoms with Crippen LogP contribution in [0.3, 0.4) is 0 Å². The van der Waals surface area contributed by atoms with Crippen molar-refractivity contribution in [1.82, 2.24) is 0 Å². The lowest BCUT2D eigenvalue weighted by Gasteiger charge is -1.87. The second-order valence-electron chi connectivity index (χ2n) is 3.54. The fourth-order valence-corrected chi connectivity index (χ4v) is 1.12. The molecule has 0 heterocycles. The van der Waals surface area contributed by atoms with E-state index in [1.807, 2.05) is 6.92 Å². The summed E-state index contributed by atoms with van der Waals surface area (Å²) in [7, 11) is 0. The first-order valence-corrected chi connectivity index (χ1v) is 6.01. The van der Waals surface area contributed by atoms with Gasteiger partial charge in [-0.05, 0) is 19.8 Å². The maximum Gasteiger partial charge on any atom is 0.132 e. The van der Waals surface area contributed by atoms with E-state index in [-0.39, 0.29) is 0 Å². The minimum atomic E-state index is 0.475. The van der Waals surface area contributed by atoms with E-state index >= 15 is 0 Å². The van der Waals surface area contributed by atoms with Gasteiger partial charge in [0.15, 0.2) is 0 Å². The fraction of sp³-hybridized carbons (Fsp3) is 0.727. The van der Waals surface area contributed by atoms with Gasteiger partial charge in [-0.1, -0.05) is 40.9 Å². The van der Waals surface area contributed by atoms with Gasteiger partial charge < -0.3 is 0 Å². The highest BCUT2D eigenvalue weighted by Crippen LogP contribution is 2.12. The van der Waals surface area contributed by atoms with Crippen molar-refractivity contribution in [2.45, 2.75) is 45.4 Å². The number of hydrogen-bond donors (Lipinski definition) is 0. The van der Waals surface area contributed by atoms with Crippen LogP contribution in [-0.2, 0) is 4.79 Å². The Morgan fingerprint density at radius 3 is 2.00 bits per heavy atom. The third-order valence-corrected chi connectivity index (χ3v) is 2.85. The molecule has 0 spiro atoms. The molecule has 0 aromatic carbocycles. The summed E-state index contributed by atoms with van der Waals surface area (Å²) in [6, 6.07) is 0. The molecule has 0 saturated heterocycles. The van der Waals surface area contributed by atoms with Crippen molar-refractivity contribution in [3.05, 3.63) is 12.2 Å². The van der Waals surface area contributed by atoms with E-state index in [1.165, 1.54) is 18.4 Å². The van der Waals surface area contributed by atoms with Crippen molar-refractivity contribution >= 4 is 21.7 Å². The zero-order valence-corrected chi connectivity index (χ0v) is 10.0. The van der Waals surface area contributed by atoms with Gasteiger partial charge in [0.05, 0.1) is 0 Å². The van der Waals surface area contributed by atoms with E-state index in [9.17, 15) is 4.79 Å². The Bertz CT molecular complexity index is 153. The number of allylic oxidation sites excluding steroid dienone is 1. The zero-order valence-electron chi connectivity index (χ0n) is 8.44. The molecule has 0 radical (unpaired) electrons. The number of alkyl halides is 1. The SMILES string of the molecule is C=C(C)CBr.O=C1CCCCCC1. The monoisotopic (exact) mass is 246 g/mol. The Morgan fingerprint density at radius 2 is 1.69 bits per heavy atom. The maximum atomic E-state index is 10.7. The Hall–Kier alpha value is -0.110. The van der Waals surface area contributed by atoms with Crippen LogP contribution in [0, 0.1) is 0 Å². The zero-order chi connectivity index (χ0) is 10.1. The molecule has 0 aromatic heterocycles. The van der Waals surface area contributed by atoms with Gasteiger partial charge in [-0.25, -0.2) is 0 Å². The quantitative estimate of drug-likeness (QED) is 0.390. The maximum absolute atomic E-state index is 10.7. The Labute approximate surface area is 89.7 Å². The second-order valence-corrected chi connectivity index (χ2v) is 4.10. The molecule has 2 heteroatoms. The first-order chi connectivity index (χ1) is 6.16. The first-order valence-electron chi connectivity index (χ1n) is 4.89. The number of carbonyl (C=O) groups is 1. The summed E-state index contributed by atoms with van der Waals surface area (Å²) >= 11 is 3.21. The molecular weight excluding hydrogens is 228 g/mol. The topological polar surface area (TPSA) is 17.1 Å². The molecule has 1 fully saturated rings. The Kier molecular flexibility index (Phi) is 8.41. The lowest BCUT2D eigenvalue weighted by Crippen LogP contribution is -1.91. The summed E-state index contributed by atoms with van der Waals surface area (Å²) in [6.45, 7) is 5.61. The van der Waals surface area contributed by atoms with Crippen molar-refractivity contribution in [3.8, 4) is 0 Å². The minimum Gasteiger partial charge on any atom is -0.300 e. The second kappa shape index (κ2) is 8.49. The van der Waals surface area contributed by atoms with Gasteiger partial charge in [0.2, 0.25) is 0 Å². The molecule has 1 aliphatic carbocycles. The van der Waals surface area contributed by atoms with Crippen LogP contribution in [0.4, 0.5) is 0 Å². The molecule has 0 N–H and O–H groups in total. The molecule has 1 nitrogen and oxygen atoms in total. The highest BCUT2D eigenvalue weighted by molar-refractivity contribution is 9.09. The normalized spacial score (nSPS) is 16.9. The molecule has 0 aliphatic heterocycles. The van der Waals surface area contributed by atoms with Gasteiger partial charge in [-0.3, -0.25) is 4.79 Å². The van der Waals surface area contributed by atoms with Gasteiger partial charge in [0.25, 0.3) is 0 Å². The van der Waals surface area contributed by atoms with Crippen molar-refractivity contribution in [2.75, 3.05) is 5.33 Å². The molecule has 1 rings (SSSR count). The van der Waals surface area contributed by atoms with Crippen LogP contribution >= 0.6 is 15.9 Å². The van der Waals surface area contributed by atoms with Crippen LogP contribution in [-0.4, -0.2) is 11.1 Å². The van der Waals surface area contributed by atoms with E-state index in [0.717, 1.165) is 31.0 Å². The smallest absolute Gasteiger partial charge is 0.132 e. The van der Waals surface area contributed by atoms with Crippen molar-refractivity contribution in [2.24, 2.45) is 0 Å². The minimum absolute atomic E-state index is 0.475. The van der Waals surface area contributed by atoms with Crippen LogP contribution in [0.25, 0.3) is 0 Å². The van der Waals surface area contributed by atoms with Crippen LogP contribution < -0.4 is 0 Å². The molecule has 0 aromatic rings. The summed E-state index contributed by atoms with van der Waals surface area (Å²) in [5.41, 5.74) is 1.17. The van der Waals surface area contributed by atoms with Crippen LogP contribution in [0.2, 0.25) is 0 Å². The lowest BCUT2D eigenvalue weighted by atomic mass is 10.2. The fourth-order valence-electron chi connectivity index (χ4n) is 1.12. The Balaban J connectivity index is 0.000000252. The van der Waals surface area contributed by atoms with Crippen molar-refractivity contribution < 1.29 is 4.79 Å². The summed E-state index contributed by atoms with van der Waals surface area (Å²) < 4.78 is 0. The van der Waals surface area contributed by atoms with Crippen LogP contribution in [0.15, 0.2) is 12.2 Å². The number of carbonyl (C=O) groups excluding carboxylic acids is 1. The van der Waals surface area contributed by atoms with E-state index in [4.69, 9.17) is 0 Å². The molecule has 1 saturated carbocycles. The number of hydrogen-bond acceptors (Lipinski definition) is 1. The Morgan fingerprint density at radius 1 is 1.31 bits per heavy atom. The van der Waals surface area contributed by atoms with Gasteiger partial charge >= 0.3 is 0 Å². The molecule has 76 valence electrons. The first kappa shape index (κ1) is 12.9. The van der Waals surface area contributed by atoms with Gasteiger partial charge in [0, 0.05) is 18.2 Å². The van der Waals surface area contributed by atoms with E-state index in [0.29, 0.717) is 5.78 Å². The average Bonchev–Trinajstić information content (AvgIpc) is 2.33. The lowest BCUT2D eigenvalue weighted by molar-refractivity contribution is -0.118. The summed E-state index contributed by atoms with van der Waals surface area (Å²) in [6.07, 6.45) is 6.51. The molecule has 0 amide bonds.